The van der Waals surface area contributed by atoms with Gasteiger partial charge in [0, 0.05) is 23.7 Å². The first-order valence-corrected chi connectivity index (χ1v) is 8.68. The summed E-state index contributed by atoms with van der Waals surface area (Å²) in [7, 11) is 1.72. The number of thiophene rings is 1. The molecule has 25 heavy (non-hydrogen) atoms. The highest BCUT2D eigenvalue weighted by Crippen LogP contribution is 2.21. The Morgan fingerprint density at radius 2 is 1.60 bits per heavy atom. The third-order valence-electron chi connectivity index (χ3n) is 3.79. The van der Waals surface area contributed by atoms with Crippen LogP contribution in [0, 0.1) is 6.92 Å². The van der Waals surface area contributed by atoms with E-state index in [-0.39, 0.29) is 5.91 Å². The fourth-order valence-corrected chi connectivity index (χ4v) is 2.92. The molecule has 126 valence electrons. The molecule has 0 fully saturated rings. The van der Waals surface area contributed by atoms with Crippen molar-refractivity contribution in [2.75, 3.05) is 11.9 Å². The molecule has 1 heterocycles. The van der Waals surface area contributed by atoms with E-state index in [2.05, 4.69) is 0 Å². The second-order valence-electron chi connectivity index (χ2n) is 5.63. The lowest BCUT2D eigenvalue weighted by Gasteiger charge is -2.18. The summed E-state index contributed by atoms with van der Waals surface area (Å²) < 4.78 is 5.32. The first-order valence-electron chi connectivity index (χ1n) is 7.74. The van der Waals surface area contributed by atoms with Crippen LogP contribution in [-0.2, 0) is 0 Å². The minimum absolute atomic E-state index is 0.0944. The Hall–Kier alpha value is -2.92. The standard InChI is InChI=1S/C20H17NO3S/c1-14-3-5-15(6-4-14)19(22)21(2)17-7-9-18(10-8-17)24-20(23)16-11-12-25-13-16/h3-13H,1-2H3. The molecule has 5 heteroatoms. The van der Waals surface area contributed by atoms with Crippen LogP contribution in [0.4, 0.5) is 5.69 Å². The summed E-state index contributed by atoms with van der Waals surface area (Å²) in [5.74, 6) is -0.0442. The van der Waals surface area contributed by atoms with Crippen LogP contribution in [-0.4, -0.2) is 18.9 Å². The van der Waals surface area contributed by atoms with Crippen molar-refractivity contribution in [1.82, 2.24) is 0 Å². The Morgan fingerprint density at radius 1 is 0.920 bits per heavy atom. The largest absolute Gasteiger partial charge is 0.423 e. The van der Waals surface area contributed by atoms with Crippen LogP contribution in [0.15, 0.2) is 65.4 Å². The summed E-state index contributed by atoms with van der Waals surface area (Å²) >= 11 is 1.44. The summed E-state index contributed by atoms with van der Waals surface area (Å²) in [6.07, 6.45) is 0. The predicted molar refractivity (Wildman–Crippen MR) is 99.6 cm³/mol. The van der Waals surface area contributed by atoms with Crippen LogP contribution in [0.3, 0.4) is 0 Å². The van der Waals surface area contributed by atoms with Crippen molar-refractivity contribution in [3.8, 4) is 5.75 Å². The van der Waals surface area contributed by atoms with E-state index in [1.54, 1.807) is 47.7 Å². The van der Waals surface area contributed by atoms with Gasteiger partial charge in [-0.25, -0.2) is 4.79 Å². The fourth-order valence-electron chi connectivity index (χ4n) is 2.29. The number of aryl methyl sites for hydroxylation is 1. The number of ether oxygens (including phenoxy) is 1. The summed E-state index contributed by atoms with van der Waals surface area (Å²) in [4.78, 5) is 26.0. The Balaban J connectivity index is 1.70. The fraction of sp³-hybridized carbons (Fsp3) is 0.100. The van der Waals surface area contributed by atoms with Gasteiger partial charge in [-0.15, -0.1) is 0 Å². The second-order valence-corrected chi connectivity index (χ2v) is 6.41. The van der Waals surface area contributed by atoms with E-state index in [4.69, 9.17) is 4.74 Å². The lowest BCUT2D eigenvalue weighted by Crippen LogP contribution is -2.26. The molecule has 0 aliphatic rings. The first kappa shape index (κ1) is 16.9. The third-order valence-corrected chi connectivity index (χ3v) is 4.48. The van der Waals surface area contributed by atoms with Gasteiger partial charge in [-0.1, -0.05) is 17.7 Å². The lowest BCUT2D eigenvalue weighted by molar-refractivity contribution is 0.0735. The third kappa shape index (κ3) is 3.95. The number of hydrogen-bond donors (Lipinski definition) is 0. The van der Waals surface area contributed by atoms with Gasteiger partial charge in [0.25, 0.3) is 5.91 Å². The van der Waals surface area contributed by atoms with Crippen molar-refractivity contribution in [2.24, 2.45) is 0 Å². The van der Waals surface area contributed by atoms with E-state index < -0.39 is 5.97 Å². The van der Waals surface area contributed by atoms with Gasteiger partial charge in [0.05, 0.1) is 5.56 Å². The predicted octanol–water partition coefficient (Wildman–Crippen LogP) is 4.55. The lowest BCUT2D eigenvalue weighted by atomic mass is 10.1. The molecule has 4 nitrogen and oxygen atoms in total. The molecule has 1 amide bonds. The Bertz CT molecular complexity index is 868. The first-order chi connectivity index (χ1) is 12.0. The van der Waals surface area contributed by atoms with Gasteiger partial charge in [-0.3, -0.25) is 4.79 Å². The molecule has 3 rings (SSSR count). The van der Waals surface area contributed by atoms with Crippen molar-refractivity contribution >= 4 is 28.9 Å². The highest BCUT2D eigenvalue weighted by Gasteiger charge is 2.14. The summed E-state index contributed by atoms with van der Waals surface area (Å²) in [6.45, 7) is 1.98. The quantitative estimate of drug-likeness (QED) is 0.512. The molecule has 0 N–H and O–H groups in total. The minimum Gasteiger partial charge on any atom is -0.423 e. The van der Waals surface area contributed by atoms with Crippen molar-refractivity contribution in [2.45, 2.75) is 6.92 Å². The summed E-state index contributed by atoms with van der Waals surface area (Å²) in [5.41, 5.74) is 2.98. The van der Waals surface area contributed by atoms with Gasteiger partial charge in [-0.2, -0.15) is 11.3 Å². The number of anilines is 1. The van der Waals surface area contributed by atoms with Crippen LogP contribution < -0.4 is 9.64 Å². The Morgan fingerprint density at radius 3 is 2.20 bits per heavy atom. The second kappa shape index (κ2) is 7.32. The number of nitrogens with zero attached hydrogens (tertiary/aromatic N) is 1. The molecule has 0 saturated heterocycles. The molecule has 0 bridgehead atoms. The number of benzene rings is 2. The number of amides is 1. The van der Waals surface area contributed by atoms with E-state index in [0.29, 0.717) is 16.9 Å². The molecule has 0 aliphatic carbocycles. The van der Waals surface area contributed by atoms with Crippen LogP contribution in [0.1, 0.15) is 26.3 Å². The summed E-state index contributed by atoms with van der Waals surface area (Å²) in [6, 6.07) is 16.0. The molecule has 0 spiro atoms. The monoisotopic (exact) mass is 351 g/mol. The maximum absolute atomic E-state index is 12.5. The Kier molecular flexibility index (Phi) is 4.95. The highest BCUT2D eigenvalue weighted by molar-refractivity contribution is 7.08. The highest BCUT2D eigenvalue weighted by atomic mass is 32.1. The van der Waals surface area contributed by atoms with E-state index in [1.165, 1.54) is 11.3 Å². The average Bonchev–Trinajstić information content (AvgIpc) is 3.17. The van der Waals surface area contributed by atoms with Gasteiger partial charge in [0.2, 0.25) is 0 Å². The van der Waals surface area contributed by atoms with Gasteiger partial charge < -0.3 is 9.64 Å². The molecule has 0 atom stereocenters. The maximum atomic E-state index is 12.5. The zero-order valence-corrected chi connectivity index (χ0v) is 14.7. The van der Waals surface area contributed by atoms with E-state index in [9.17, 15) is 9.59 Å². The van der Waals surface area contributed by atoms with Crippen LogP contribution >= 0.6 is 11.3 Å². The van der Waals surface area contributed by atoms with Crippen molar-refractivity contribution in [1.29, 1.82) is 0 Å². The molecule has 2 aromatic carbocycles. The van der Waals surface area contributed by atoms with E-state index in [0.717, 1.165) is 11.3 Å². The van der Waals surface area contributed by atoms with Crippen LogP contribution in [0.25, 0.3) is 0 Å². The smallest absolute Gasteiger partial charge is 0.344 e. The number of carbonyl (C=O) groups excluding carboxylic acids is 2. The normalized spacial score (nSPS) is 10.3. The van der Waals surface area contributed by atoms with Crippen molar-refractivity contribution in [3.63, 3.8) is 0 Å². The van der Waals surface area contributed by atoms with Crippen LogP contribution in [0.5, 0.6) is 5.75 Å². The molecular weight excluding hydrogens is 334 g/mol. The van der Waals surface area contributed by atoms with E-state index in [1.807, 2.05) is 36.6 Å². The molecule has 0 aliphatic heterocycles. The molecule has 0 saturated carbocycles. The number of carbonyl (C=O) groups is 2. The molecule has 1 aromatic heterocycles. The van der Waals surface area contributed by atoms with Crippen LogP contribution in [0.2, 0.25) is 0 Å². The Labute approximate surface area is 150 Å². The van der Waals surface area contributed by atoms with Crippen molar-refractivity contribution < 1.29 is 14.3 Å². The number of rotatable bonds is 4. The zero-order chi connectivity index (χ0) is 17.8. The topological polar surface area (TPSA) is 46.6 Å². The van der Waals surface area contributed by atoms with Gasteiger partial charge in [0.15, 0.2) is 0 Å². The van der Waals surface area contributed by atoms with E-state index >= 15 is 0 Å². The van der Waals surface area contributed by atoms with Gasteiger partial charge >= 0.3 is 5.97 Å². The van der Waals surface area contributed by atoms with Crippen molar-refractivity contribution in [3.05, 3.63) is 82.0 Å². The minimum atomic E-state index is -0.391. The molecule has 0 unspecified atom stereocenters. The number of esters is 1. The molecule has 3 aromatic rings. The number of hydrogen-bond acceptors (Lipinski definition) is 4. The molecule has 0 radical (unpaired) electrons. The summed E-state index contributed by atoms with van der Waals surface area (Å²) in [5, 5.41) is 3.57. The van der Waals surface area contributed by atoms with Gasteiger partial charge in [-0.05, 0) is 54.8 Å². The van der Waals surface area contributed by atoms with Gasteiger partial charge in [0.1, 0.15) is 5.75 Å². The zero-order valence-electron chi connectivity index (χ0n) is 13.9. The maximum Gasteiger partial charge on any atom is 0.344 e. The molecular formula is C20H17NO3S. The SMILES string of the molecule is Cc1ccc(C(=O)N(C)c2ccc(OC(=O)c3ccsc3)cc2)cc1. The average molecular weight is 351 g/mol.